The summed E-state index contributed by atoms with van der Waals surface area (Å²) in [5.41, 5.74) is -2.21. The summed E-state index contributed by atoms with van der Waals surface area (Å²) in [6, 6.07) is -0.798. The predicted molar refractivity (Wildman–Crippen MR) is 121 cm³/mol. The molecule has 2 fully saturated rings. The number of rotatable bonds is 9. The number of ether oxygens (including phenoxy) is 2. The van der Waals surface area contributed by atoms with Crippen molar-refractivity contribution in [2.75, 3.05) is 32.8 Å². The molecule has 0 aliphatic carbocycles. The minimum Gasteiger partial charge on any atom is -0.461 e. The maximum absolute atomic E-state index is 13.9. The first-order valence-electron chi connectivity index (χ1n) is 12.3. The Hall–Kier alpha value is -2.19. The van der Waals surface area contributed by atoms with Gasteiger partial charge in [-0.15, -0.1) is 0 Å². The van der Waals surface area contributed by atoms with E-state index in [1.54, 1.807) is 11.0 Å². The minimum atomic E-state index is -1.19. The van der Waals surface area contributed by atoms with E-state index in [-0.39, 0.29) is 25.0 Å². The van der Waals surface area contributed by atoms with Crippen LogP contribution in [0.3, 0.4) is 0 Å². The van der Waals surface area contributed by atoms with Crippen LogP contribution in [0.15, 0.2) is 24.3 Å². The Morgan fingerprint density at radius 3 is 2.55 bits per heavy atom. The molecule has 1 N–H and O–H groups in total. The molecule has 33 heavy (non-hydrogen) atoms. The number of esters is 1. The summed E-state index contributed by atoms with van der Waals surface area (Å²) in [7, 11) is 0. The van der Waals surface area contributed by atoms with Crippen LogP contribution in [0.25, 0.3) is 0 Å². The van der Waals surface area contributed by atoms with Gasteiger partial charge in [-0.3, -0.25) is 14.4 Å². The smallest absolute Gasteiger partial charge is 0.313 e. The summed E-state index contributed by atoms with van der Waals surface area (Å²) in [4.78, 5) is 44.2. The quantitative estimate of drug-likeness (QED) is 0.320. The molecule has 0 aromatic heterocycles. The molecule has 8 heteroatoms. The van der Waals surface area contributed by atoms with Crippen molar-refractivity contribution in [1.29, 1.82) is 0 Å². The van der Waals surface area contributed by atoms with Crippen LogP contribution >= 0.6 is 0 Å². The number of hydrogen-bond acceptors (Lipinski definition) is 6. The second-order valence-corrected chi connectivity index (χ2v) is 9.74. The highest BCUT2D eigenvalue weighted by atomic mass is 16.6. The molecule has 1 unspecified atom stereocenters. The number of aliphatic hydroxyl groups is 1. The van der Waals surface area contributed by atoms with Gasteiger partial charge in [0.2, 0.25) is 11.8 Å². The topological polar surface area (TPSA) is 96.4 Å². The molecular formula is C25H36N2O6. The molecule has 4 aliphatic heterocycles. The molecule has 1 spiro atoms. The number of cyclic esters (lactones) is 1. The Kier molecular flexibility index (Phi) is 6.96. The van der Waals surface area contributed by atoms with E-state index >= 15 is 0 Å². The molecule has 2 amide bonds. The average molecular weight is 461 g/mol. The molecule has 5 atom stereocenters. The number of nitrogens with zero attached hydrogens (tertiary/aromatic N) is 2. The Labute approximate surface area is 195 Å². The van der Waals surface area contributed by atoms with Crippen molar-refractivity contribution in [1.82, 2.24) is 9.80 Å². The largest absolute Gasteiger partial charge is 0.461 e. The van der Waals surface area contributed by atoms with Crippen molar-refractivity contribution in [2.45, 2.75) is 69.6 Å². The fraction of sp³-hybridized carbons (Fsp3) is 0.720. The highest BCUT2D eigenvalue weighted by molar-refractivity contribution is 5.99. The summed E-state index contributed by atoms with van der Waals surface area (Å²) < 4.78 is 12.0. The third-order valence-corrected chi connectivity index (χ3v) is 7.48. The molecule has 0 saturated carbocycles. The van der Waals surface area contributed by atoms with Crippen molar-refractivity contribution in [2.24, 2.45) is 11.8 Å². The molecule has 4 heterocycles. The van der Waals surface area contributed by atoms with Crippen LogP contribution in [0.2, 0.25) is 0 Å². The maximum atomic E-state index is 13.9. The molecule has 4 aliphatic rings. The Morgan fingerprint density at radius 1 is 1.00 bits per heavy atom. The fourth-order valence-corrected chi connectivity index (χ4v) is 5.94. The normalized spacial score (nSPS) is 35.2. The minimum absolute atomic E-state index is 0.114. The van der Waals surface area contributed by atoms with Gasteiger partial charge in [0.15, 0.2) is 0 Å². The van der Waals surface area contributed by atoms with Crippen molar-refractivity contribution < 1.29 is 29.0 Å². The zero-order valence-electron chi connectivity index (χ0n) is 19.7. The van der Waals surface area contributed by atoms with Crippen molar-refractivity contribution in [3.05, 3.63) is 24.3 Å². The molecule has 0 aromatic carbocycles. The highest BCUT2D eigenvalue weighted by Gasteiger charge is 2.74. The van der Waals surface area contributed by atoms with Gasteiger partial charge >= 0.3 is 5.97 Å². The SMILES string of the molecule is CCCCN1CC=C[C@]23O[C@]4(C)C=CCOC(=O)[C@@H]4[C@H]2C(=O)N(CCCCCCO)C3C1=O. The maximum Gasteiger partial charge on any atom is 0.313 e. The highest BCUT2D eigenvalue weighted by Crippen LogP contribution is 2.57. The van der Waals surface area contributed by atoms with E-state index in [2.05, 4.69) is 6.92 Å². The molecule has 182 valence electrons. The Morgan fingerprint density at radius 2 is 1.79 bits per heavy atom. The number of hydrogen-bond donors (Lipinski definition) is 1. The van der Waals surface area contributed by atoms with Crippen molar-refractivity contribution in [3.8, 4) is 0 Å². The van der Waals surface area contributed by atoms with Crippen LogP contribution in [-0.4, -0.2) is 82.8 Å². The van der Waals surface area contributed by atoms with Gasteiger partial charge in [0.1, 0.15) is 24.2 Å². The summed E-state index contributed by atoms with van der Waals surface area (Å²) in [6.45, 7) is 5.71. The molecule has 4 rings (SSSR count). The van der Waals surface area contributed by atoms with E-state index in [4.69, 9.17) is 14.6 Å². The summed E-state index contributed by atoms with van der Waals surface area (Å²) >= 11 is 0. The summed E-state index contributed by atoms with van der Waals surface area (Å²) in [6.07, 6.45) is 12.4. The third-order valence-electron chi connectivity index (χ3n) is 7.48. The van der Waals surface area contributed by atoms with Crippen LogP contribution in [0.4, 0.5) is 0 Å². The summed E-state index contributed by atoms with van der Waals surface area (Å²) in [5.74, 6) is -2.37. The number of amides is 2. The lowest BCUT2D eigenvalue weighted by Gasteiger charge is -2.37. The van der Waals surface area contributed by atoms with Gasteiger partial charge in [0.25, 0.3) is 0 Å². The first-order chi connectivity index (χ1) is 15.9. The zero-order chi connectivity index (χ0) is 23.6. The second kappa shape index (κ2) is 9.58. The monoisotopic (exact) mass is 460 g/mol. The van der Waals surface area contributed by atoms with Crippen LogP contribution < -0.4 is 0 Å². The van der Waals surface area contributed by atoms with E-state index in [0.717, 1.165) is 38.5 Å². The van der Waals surface area contributed by atoms with Gasteiger partial charge in [-0.2, -0.15) is 0 Å². The van der Waals surface area contributed by atoms with E-state index < -0.39 is 35.0 Å². The van der Waals surface area contributed by atoms with Crippen molar-refractivity contribution in [3.63, 3.8) is 0 Å². The third kappa shape index (κ3) is 4.01. The number of likely N-dealkylation sites (tertiary alicyclic amines) is 1. The van der Waals surface area contributed by atoms with E-state index in [1.807, 2.05) is 30.1 Å². The molecule has 0 bridgehead atoms. The molecule has 0 aromatic rings. The lowest BCUT2D eigenvalue weighted by molar-refractivity contribution is -0.157. The van der Waals surface area contributed by atoms with Crippen LogP contribution in [-0.2, 0) is 23.9 Å². The average Bonchev–Trinajstić information content (AvgIpc) is 3.04. The number of carbonyl (C=O) groups excluding carboxylic acids is 3. The second-order valence-electron chi connectivity index (χ2n) is 9.74. The van der Waals surface area contributed by atoms with Crippen LogP contribution in [0.5, 0.6) is 0 Å². The first-order valence-corrected chi connectivity index (χ1v) is 12.3. The zero-order valence-corrected chi connectivity index (χ0v) is 19.7. The number of carbonyl (C=O) groups is 3. The van der Waals surface area contributed by atoms with E-state index in [1.165, 1.54) is 0 Å². The van der Waals surface area contributed by atoms with Gasteiger partial charge in [-0.1, -0.05) is 44.4 Å². The standard InChI is InChI=1S/C25H36N2O6/c1-3-4-13-26-14-9-12-25-18(19-23(31)32-17-10-11-24(19,2)33-25)21(29)27(20(25)22(26)30)15-7-5-6-8-16-28/h9-12,18-20,28H,3-8,13-17H2,1-2H3/t18-,19-,20?,24+,25-/m0/s1. The van der Waals surface area contributed by atoms with E-state index in [9.17, 15) is 14.4 Å². The molecule has 0 radical (unpaired) electrons. The Balaban J connectivity index is 1.71. The van der Waals surface area contributed by atoms with Gasteiger partial charge in [0, 0.05) is 26.2 Å². The number of aliphatic hydroxyl groups excluding tert-OH is 1. The Bertz CT molecular complexity index is 841. The van der Waals surface area contributed by atoms with Gasteiger partial charge in [0.05, 0.1) is 11.5 Å². The van der Waals surface area contributed by atoms with E-state index in [0.29, 0.717) is 19.6 Å². The van der Waals surface area contributed by atoms with Gasteiger partial charge < -0.3 is 24.4 Å². The number of fused-ring (bicyclic) bond motifs is 2. The van der Waals surface area contributed by atoms with Crippen LogP contribution in [0.1, 0.15) is 52.4 Å². The fourth-order valence-electron chi connectivity index (χ4n) is 5.94. The first kappa shape index (κ1) is 24.0. The molecular weight excluding hydrogens is 424 g/mol. The number of unbranched alkanes of at least 4 members (excludes halogenated alkanes) is 4. The summed E-state index contributed by atoms with van der Waals surface area (Å²) in [5, 5.41) is 9.04. The lowest BCUT2D eigenvalue weighted by atomic mass is 9.75. The molecule has 2 saturated heterocycles. The van der Waals surface area contributed by atoms with Crippen molar-refractivity contribution >= 4 is 17.8 Å². The van der Waals surface area contributed by atoms with Crippen LogP contribution in [0, 0.1) is 11.8 Å². The predicted octanol–water partition coefficient (Wildman–Crippen LogP) is 1.82. The molecule has 8 nitrogen and oxygen atoms in total. The van der Waals surface area contributed by atoms with Gasteiger partial charge in [-0.25, -0.2) is 0 Å². The van der Waals surface area contributed by atoms with Gasteiger partial charge in [-0.05, 0) is 32.3 Å². The lowest BCUT2D eigenvalue weighted by Crippen LogP contribution is -2.56.